The molecule has 4 rings (SSSR count). The smallest absolute Gasteiger partial charge is 0.339 e. The van der Waals surface area contributed by atoms with Gasteiger partial charge in [0.2, 0.25) is 0 Å². The van der Waals surface area contributed by atoms with Crippen molar-refractivity contribution in [3.05, 3.63) is 68.6 Å². The number of hydrazone groups is 1. The van der Waals surface area contributed by atoms with Crippen molar-refractivity contribution in [1.29, 1.82) is 0 Å². The number of aromatic hydroxyl groups is 2. The number of phenolic OH excluding ortho intramolecular Hbond substituents is 2. The molecule has 2 aromatic carbocycles. The van der Waals surface area contributed by atoms with E-state index in [1.165, 1.54) is 0 Å². The van der Waals surface area contributed by atoms with Crippen molar-refractivity contribution in [2.45, 2.75) is 33.2 Å². The Bertz CT molecular complexity index is 1140. The Labute approximate surface area is 155 Å². The van der Waals surface area contributed by atoms with Crippen LogP contribution in [0.15, 0.2) is 44.6 Å². The molecule has 0 fully saturated rings. The average molecular weight is 364 g/mol. The first-order valence-electron chi connectivity index (χ1n) is 8.74. The average Bonchev–Trinajstić information content (AvgIpc) is 3.09. The standard InChI is InChI=1S/C21H20N2O4/c1-10-8-17-19(11(2)12(3)21(26)27-17)20(25)18(10)16-9-15(22-23-16)13-4-6-14(24)7-5-13/h4-8,15,22,24-25H,9H2,1-3H3. The molecular formula is C21H20N2O4. The van der Waals surface area contributed by atoms with Gasteiger partial charge in [-0.25, -0.2) is 4.79 Å². The predicted octanol–water partition coefficient (Wildman–Crippen LogP) is 3.57. The lowest BCUT2D eigenvalue weighted by atomic mass is 9.93. The lowest BCUT2D eigenvalue weighted by Crippen LogP contribution is -2.10. The van der Waals surface area contributed by atoms with Crippen molar-refractivity contribution in [3.63, 3.8) is 0 Å². The van der Waals surface area contributed by atoms with E-state index < -0.39 is 0 Å². The number of phenols is 2. The fraction of sp³-hybridized carbons (Fsp3) is 0.238. The van der Waals surface area contributed by atoms with Crippen LogP contribution >= 0.6 is 0 Å². The SMILES string of the molecule is Cc1cc2oc(=O)c(C)c(C)c2c(O)c1C1=NNC(c2ccc(O)cc2)C1. The zero-order chi connectivity index (χ0) is 19.3. The maximum absolute atomic E-state index is 11.9. The van der Waals surface area contributed by atoms with Crippen molar-refractivity contribution in [3.8, 4) is 11.5 Å². The van der Waals surface area contributed by atoms with E-state index >= 15 is 0 Å². The molecule has 0 saturated carbocycles. The highest BCUT2D eigenvalue weighted by Crippen LogP contribution is 2.37. The molecule has 1 aromatic heterocycles. The molecule has 1 aliphatic heterocycles. The van der Waals surface area contributed by atoms with Crippen LogP contribution in [0.3, 0.4) is 0 Å². The Balaban J connectivity index is 1.78. The molecule has 138 valence electrons. The summed E-state index contributed by atoms with van der Waals surface area (Å²) >= 11 is 0. The van der Waals surface area contributed by atoms with Crippen molar-refractivity contribution in [2.75, 3.05) is 0 Å². The summed E-state index contributed by atoms with van der Waals surface area (Å²) in [6.07, 6.45) is 0.597. The number of nitrogens with zero attached hydrogens (tertiary/aromatic N) is 1. The Morgan fingerprint density at radius 2 is 1.81 bits per heavy atom. The van der Waals surface area contributed by atoms with Crippen LogP contribution in [0.2, 0.25) is 0 Å². The third-order valence-electron chi connectivity index (χ3n) is 5.25. The number of hydrogen-bond acceptors (Lipinski definition) is 6. The number of hydrogen-bond donors (Lipinski definition) is 3. The summed E-state index contributed by atoms with van der Waals surface area (Å²) in [5, 5.41) is 25.4. The lowest BCUT2D eigenvalue weighted by Gasteiger charge is -2.14. The summed E-state index contributed by atoms with van der Waals surface area (Å²) in [5.74, 6) is 0.300. The van der Waals surface area contributed by atoms with Crippen molar-refractivity contribution in [2.24, 2.45) is 5.10 Å². The molecule has 6 heteroatoms. The summed E-state index contributed by atoms with van der Waals surface area (Å²) in [7, 11) is 0. The van der Waals surface area contributed by atoms with Gasteiger partial charge >= 0.3 is 5.63 Å². The second-order valence-electron chi connectivity index (χ2n) is 6.97. The highest BCUT2D eigenvalue weighted by Gasteiger charge is 2.26. The molecular weight excluding hydrogens is 344 g/mol. The Hall–Kier alpha value is -3.28. The monoisotopic (exact) mass is 364 g/mol. The summed E-state index contributed by atoms with van der Waals surface area (Å²) < 4.78 is 5.36. The van der Waals surface area contributed by atoms with Gasteiger partial charge in [0.25, 0.3) is 0 Å². The number of aryl methyl sites for hydroxylation is 2. The largest absolute Gasteiger partial charge is 0.508 e. The molecule has 3 N–H and O–H groups in total. The fourth-order valence-electron chi connectivity index (χ4n) is 3.59. The van der Waals surface area contributed by atoms with Crippen molar-refractivity contribution >= 4 is 16.7 Å². The van der Waals surface area contributed by atoms with Crippen molar-refractivity contribution in [1.82, 2.24) is 5.43 Å². The van der Waals surface area contributed by atoms with Crippen LogP contribution < -0.4 is 11.1 Å². The minimum Gasteiger partial charge on any atom is -0.508 e. The third kappa shape index (κ3) is 2.73. The maximum Gasteiger partial charge on any atom is 0.339 e. The molecule has 2 heterocycles. The van der Waals surface area contributed by atoms with E-state index in [1.54, 1.807) is 32.0 Å². The van der Waals surface area contributed by atoms with Crippen LogP contribution in [0.25, 0.3) is 11.0 Å². The van der Waals surface area contributed by atoms with Gasteiger partial charge in [0.1, 0.15) is 17.1 Å². The van der Waals surface area contributed by atoms with E-state index in [4.69, 9.17) is 4.42 Å². The molecule has 6 nitrogen and oxygen atoms in total. The molecule has 1 unspecified atom stereocenters. The van der Waals surface area contributed by atoms with Gasteiger partial charge in [-0.1, -0.05) is 12.1 Å². The second-order valence-corrected chi connectivity index (χ2v) is 6.97. The molecule has 1 atom stereocenters. The minimum atomic E-state index is -0.390. The zero-order valence-corrected chi connectivity index (χ0v) is 15.3. The molecule has 0 aliphatic carbocycles. The van der Waals surface area contributed by atoms with Gasteiger partial charge in [-0.05, 0) is 55.7 Å². The normalized spacial score (nSPS) is 16.4. The van der Waals surface area contributed by atoms with Gasteiger partial charge < -0.3 is 20.1 Å². The van der Waals surface area contributed by atoms with Gasteiger partial charge in [0, 0.05) is 17.5 Å². The summed E-state index contributed by atoms with van der Waals surface area (Å²) in [5.41, 5.74) is 7.48. The van der Waals surface area contributed by atoms with E-state index in [-0.39, 0.29) is 23.2 Å². The number of fused-ring (bicyclic) bond motifs is 1. The van der Waals surface area contributed by atoms with Gasteiger partial charge in [-0.2, -0.15) is 5.10 Å². The van der Waals surface area contributed by atoms with Crippen molar-refractivity contribution < 1.29 is 14.6 Å². The van der Waals surface area contributed by atoms with Crippen LogP contribution in [0.1, 0.15) is 40.3 Å². The summed E-state index contributed by atoms with van der Waals surface area (Å²) in [6.45, 7) is 5.36. The first-order valence-corrected chi connectivity index (χ1v) is 8.74. The van der Waals surface area contributed by atoms with E-state index in [1.807, 2.05) is 19.1 Å². The van der Waals surface area contributed by atoms with E-state index in [0.29, 0.717) is 34.1 Å². The lowest BCUT2D eigenvalue weighted by molar-refractivity contribution is 0.474. The van der Waals surface area contributed by atoms with Gasteiger partial charge in [-0.3, -0.25) is 0 Å². The maximum atomic E-state index is 11.9. The molecule has 1 aliphatic rings. The quantitative estimate of drug-likeness (QED) is 0.604. The van der Waals surface area contributed by atoms with Crippen LogP contribution in [-0.4, -0.2) is 15.9 Å². The Kier molecular flexibility index (Phi) is 3.91. The van der Waals surface area contributed by atoms with Gasteiger partial charge in [0.05, 0.1) is 17.1 Å². The molecule has 0 saturated heterocycles. The predicted molar refractivity (Wildman–Crippen MR) is 103 cm³/mol. The molecule has 3 aromatic rings. The third-order valence-corrected chi connectivity index (χ3v) is 5.25. The summed E-state index contributed by atoms with van der Waals surface area (Å²) in [6, 6.07) is 8.71. The van der Waals surface area contributed by atoms with Crippen LogP contribution in [0, 0.1) is 20.8 Å². The first kappa shape index (κ1) is 17.1. The molecule has 0 spiro atoms. The topological polar surface area (TPSA) is 95.1 Å². The summed E-state index contributed by atoms with van der Waals surface area (Å²) in [4.78, 5) is 11.9. The van der Waals surface area contributed by atoms with Crippen LogP contribution in [0.4, 0.5) is 0 Å². The van der Waals surface area contributed by atoms with Crippen LogP contribution in [-0.2, 0) is 0 Å². The molecule has 0 amide bonds. The van der Waals surface area contributed by atoms with Crippen LogP contribution in [0.5, 0.6) is 11.5 Å². The Morgan fingerprint density at radius 1 is 1.11 bits per heavy atom. The number of nitrogens with one attached hydrogen (secondary N) is 1. The van der Waals surface area contributed by atoms with E-state index in [9.17, 15) is 15.0 Å². The second kappa shape index (κ2) is 6.16. The minimum absolute atomic E-state index is 0.0355. The number of benzene rings is 2. The zero-order valence-electron chi connectivity index (χ0n) is 15.3. The molecule has 0 bridgehead atoms. The highest BCUT2D eigenvalue weighted by atomic mass is 16.4. The van der Waals surface area contributed by atoms with E-state index in [0.717, 1.165) is 16.8 Å². The van der Waals surface area contributed by atoms with E-state index in [2.05, 4.69) is 10.5 Å². The molecule has 0 radical (unpaired) electrons. The number of rotatable bonds is 2. The Morgan fingerprint density at radius 3 is 2.52 bits per heavy atom. The fourth-order valence-corrected chi connectivity index (χ4v) is 3.59. The molecule has 27 heavy (non-hydrogen) atoms. The highest BCUT2D eigenvalue weighted by molar-refractivity contribution is 6.09. The van der Waals surface area contributed by atoms with Gasteiger partial charge in [-0.15, -0.1) is 0 Å². The van der Waals surface area contributed by atoms with Gasteiger partial charge in [0.15, 0.2) is 0 Å². The first-order chi connectivity index (χ1) is 12.9.